The number of aromatic nitrogens is 3. The summed E-state index contributed by atoms with van der Waals surface area (Å²) in [7, 11) is 0. The number of carbonyl (C=O) groups is 1. The molecule has 0 aliphatic rings. The van der Waals surface area contributed by atoms with Crippen LogP contribution < -0.4 is 0 Å². The van der Waals surface area contributed by atoms with Crippen molar-refractivity contribution in [1.29, 1.82) is 0 Å². The average molecular weight is 239 g/mol. The van der Waals surface area contributed by atoms with Crippen LogP contribution in [0.1, 0.15) is 32.3 Å². The van der Waals surface area contributed by atoms with Crippen LogP contribution in [0, 0.1) is 0 Å². The lowest BCUT2D eigenvalue weighted by Crippen LogP contribution is -2.14. The van der Waals surface area contributed by atoms with E-state index in [0.717, 1.165) is 10.8 Å². The first-order valence-electron chi connectivity index (χ1n) is 4.93. The number of thiazole rings is 1. The van der Waals surface area contributed by atoms with Crippen LogP contribution in [0.4, 0.5) is 0 Å². The summed E-state index contributed by atoms with van der Waals surface area (Å²) in [5, 5.41) is 14.9. The minimum atomic E-state index is -0.854. The van der Waals surface area contributed by atoms with E-state index in [9.17, 15) is 4.79 Å². The van der Waals surface area contributed by atoms with Crippen molar-refractivity contribution in [1.82, 2.24) is 14.6 Å². The van der Waals surface area contributed by atoms with Gasteiger partial charge in [-0.25, -0.2) is 9.50 Å². The van der Waals surface area contributed by atoms with Crippen LogP contribution in [0.2, 0.25) is 0 Å². The smallest absolute Gasteiger partial charge is 0.309 e. The lowest BCUT2D eigenvalue weighted by atomic mass is 9.96. The molecular weight excluding hydrogens is 226 g/mol. The zero-order valence-corrected chi connectivity index (χ0v) is 10.2. The molecule has 2 rings (SSSR count). The fourth-order valence-corrected chi connectivity index (χ4v) is 2.14. The number of nitrogens with zero attached hydrogens (tertiary/aromatic N) is 3. The maximum absolute atomic E-state index is 10.7. The van der Waals surface area contributed by atoms with Gasteiger partial charge in [0.1, 0.15) is 0 Å². The molecule has 2 aromatic rings. The van der Waals surface area contributed by atoms with Gasteiger partial charge in [-0.2, -0.15) is 0 Å². The molecule has 0 spiro atoms. The lowest BCUT2D eigenvalue weighted by Gasteiger charge is -2.11. The van der Waals surface area contributed by atoms with Gasteiger partial charge in [-0.15, -0.1) is 16.4 Å². The van der Waals surface area contributed by atoms with Gasteiger partial charge in [0.2, 0.25) is 4.96 Å². The molecule has 16 heavy (non-hydrogen) atoms. The van der Waals surface area contributed by atoms with E-state index in [1.54, 1.807) is 9.90 Å². The van der Waals surface area contributed by atoms with Gasteiger partial charge < -0.3 is 5.11 Å². The van der Waals surface area contributed by atoms with E-state index in [0.29, 0.717) is 5.69 Å². The highest BCUT2D eigenvalue weighted by Crippen LogP contribution is 2.22. The number of aliphatic carboxylic acids is 1. The van der Waals surface area contributed by atoms with Gasteiger partial charge in [-0.3, -0.25) is 4.79 Å². The molecule has 1 N–H and O–H groups in total. The van der Waals surface area contributed by atoms with E-state index in [4.69, 9.17) is 5.11 Å². The molecule has 0 saturated carbocycles. The van der Waals surface area contributed by atoms with Gasteiger partial charge in [0.05, 0.1) is 12.1 Å². The van der Waals surface area contributed by atoms with Crippen LogP contribution in [0.5, 0.6) is 0 Å². The summed E-state index contributed by atoms with van der Waals surface area (Å²) in [4.78, 5) is 15.8. The predicted molar refractivity (Wildman–Crippen MR) is 60.9 cm³/mol. The van der Waals surface area contributed by atoms with E-state index < -0.39 is 5.97 Å². The minimum Gasteiger partial charge on any atom is -0.481 e. The van der Waals surface area contributed by atoms with Gasteiger partial charge in [-0.1, -0.05) is 20.8 Å². The molecule has 0 bridgehead atoms. The topological polar surface area (TPSA) is 67.5 Å². The molecule has 0 radical (unpaired) electrons. The molecule has 0 amide bonds. The molecule has 0 fully saturated rings. The molecule has 0 aliphatic heterocycles. The van der Waals surface area contributed by atoms with Gasteiger partial charge >= 0.3 is 5.97 Å². The number of carboxylic acid groups (broad SMARTS) is 1. The van der Waals surface area contributed by atoms with Crippen LogP contribution in [0.25, 0.3) is 4.96 Å². The number of carboxylic acids is 1. The minimum absolute atomic E-state index is 0.0209. The molecule has 0 aliphatic carbocycles. The van der Waals surface area contributed by atoms with Crippen molar-refractivity contribution in [2.24, 2.45) is 0 Å². The Morgan fingerprint density at radius 3 is 2.81 bits per heavy atom. The second kappa shape index (κ2) is 3.55. The van der Waals surface area contributed by atoms with Crippen molar-refractivity contribution in [3.8, 4) is 0 Å². The molecule has 0 saturated heterocycles. The van der Waals surface area contributed by atoms with E-state index in [2.05, 4.69) is 10.1 Å². The van der Waals surface area contributed by atoms with E-state index in [-0.39, 0.29) is 11.8 Å². The Labute approximate surface area is 96.7 Å². The predicted octanol–water partition coefficient (Wildman–Crippen LogP) is 1.72. The number of fused-ring (bicyclic) bond motifs is 1. The maximum Gasteiger partial charge on any atom is 0.309 e. The Hall–Kier alpha value is -1.43. The fraction of sp³-hybridized carbons (Fsp3) is 0.500. The highest BCUT2D eigenvalue weighted by Gasteiger charge is 2.21. The van der Waals surface area contributed by atoms with Gasteiger partial charge in [0.25, 0.3) is 0 Å². The van der Waals surface area contributed by atoms with Crippen molar-refractivity contribution in [3.05, 3.63) is 16.9 Å². The van der Waals surface area contributed by atoms with Crippen LogP contribution in [-0.4, -0.2) is 25.7 Å². The third kappa shape index (κ3) is 1.92. The zero-order valence-electron chi connectivity index (χ0n) is 9.39. The fourth-order valence-electron chi connectivity index (χ4n) is 1.32. The molecule has 2 aromatic heterocycles. The van der Waals surface area contributed by atoms with Crippen LogP contribution in [-0.2, 0) is 16.6 Å². The van der Waals surface area contributed by atoms with Crippen LogP contribution in [0.3, 0.4) is 0 Å². The largest absolute Gasteiger partial charge is 0.481 e. The van der Waals surface area contributed by atoms with Crippen LogP contribution in [0.15, 0.2) is 5.38 Å². The van der Waals surface area contributed by atoms with Crippen molar-refractivity contribution in [3.63, 3.8) is 0 Å². The van der Waals surface area contributed by atoms with E-state index in [1.165, 1.54) is 11.3 Å². The highest BCUT2D eigenvalue weighted by molar-refractivity contribution is 7.15. The van der Waals surface area contributed by atoms with E-state index >= 15 is 0 Å². The lowest BCUT2D eigenvalue weighted by molar-refractivity contribution is -0.136. The second-order valence-electron chi connectivity index (χ2n) is 4.68. The molecular formula is C10H13N3O2S. The highest BCUT2D eigenvalue weighted by atomic mass is 32.1. The molecule has 6 heteroatoms. The third-order valence-corrected chi connectivity index (χ3v) is 3.02. The van der Waals surface area contributed by atoms with Gasteiger partial charge in [0.15, 0.2) is 5.82 Å². The summed E-state index contributed by atoms with van der Waals surface area (Å²) in [6, 6.07) is 0. The Kier molecular flexibility index (Phi) is 2.46. The summed E-state index contributed by atoms with van der Waals surface area (Å²) >= 11 is 1.42. The first-order chi connectivity index (χ1) is 7.38. The third-order valence-electron chi connectivity index (χ3n) is 2.15. The molecule has 0 aromatic carbocycles. The standard InChI is InChI=1S/C10H13N3O2S/c1-10(2,3)8-11-9-13(12-8)6(5-16-9)4-7(14)15/h5H,4H2,1-3H3,(H,14,15). The monoisotopic (exact) mass is 239 g/mol. The molecule has 5 nitrogen and oxygen atoms in total. The molecule has 2 heterocycles. The van der Waals surface area contributed by atoms with Crippen molar-refractivity contribution >= 4 is 22.3 Å². The normalized spacial score (nSPS) is 12.2. The summed E-state index contributed by atoms with van der Waals surface area (Å²) in [6.07, 6.45) is -0.0209. The Morgan fingerprint density at radius 2 is 2.25 bits per heavy atom. The summed E-state index contributed by atoms with van der Waals surface area (Å²) in [6.45, 7) is 6.09. The summed E-state index contributed by atoms with van der Waals surface area (Å²) < 4.78 is 1.62. The van der Waals surface area contributed by atoms with Crippen molar-refractivity contribution < 1.29 is 9.90 Å². The van der Waals surface area contributed by atoms with Gasteiger partial charge in [-0.05, 0) is 0 Å². The Balaban J connectivity index is 2.47. The van der Waals surface area contributed by atoms with Crippen molar-refractivity contribution in [2.75, 3.05) is 0 Å². The number of hydrogen-bond acceptors (Lipinski definition) is 4. The first-order valence-corrected chi connectivity index (χ1v) is 5.81. The zero-order chi connectivity index (χ0) is 11.9. The average Bonchev–Trinajstić information content (AvgIpc) is 2.64. The van der Waals surface area contributed by atoms with Crippen molar-refractivity contribution in [2.45, 2.75) is 32.6 Å². The van der Waals surface area contributed by atoms with Crippen LogP contribution >= 0.6 is 11.3 Å². The maximum atomic E-state index is 10.7. The SMILES string of the molecule is CC(C)(C)c1nc2scc(CC(=O)O)n2n1. The van der Waals surface area contributed by atoms with E-state index in [1.807, 2.05) is 20.8 Å². The summed E-state index contributed by atoms with van der Waals surface area (Å²) in [5.41, 5.74) is 0.558. The first kappa shape index (κ1) is 11.1. The molecule has 0 atom stereocenters. The van der Waals surface area contributed by atoms with Gasteiger partial charge in [0, 0.05) is 10.8 Å². The number of rotatable bonds is 2. The molecule has 86 valence electrons. The Bertz CT molecular complexity index is 536. The quantitative estimate of drug-likeness (QED) is 0.866. The Morgan fingerprint density at radius 1 is 1.56 bits per heavy atom. The molecule has 0 unspecified atom stereocenters. The second-order valence-corrected chi connectivity index (χ2v) is 5.51. The number of hydrogen-bond donors (Lipinski definition) is 1. The summed E-state index contributed by atoms with van der Waals surface area (Å²) in [5.74, 6) is -0.113.